The third-order valence-corrected chi connectivity index (χ3v) is 5.47. The molecule has 0 atom stereocenters. The lowest BCUT2D eigenvalue weighted by atomic mass is 9.93. The first kappa shape index (κ1) is 18.5. The summed E-state index contributed by atoms with van der Waals surface area (Å²) in [7, 11) is 0. The summed E-state index contributed by atoms with van der Waals surface area (Å²) in [6.07, 6.45) is 13.0. The van der Waals surface area contributed by atoms with Crippen LogP contribution in [0.1, 0.15) is 31.5 Å². The van der Waals surface area contributed by atoms with Gasteiger partial charge in [-0.05, 0) is 56.4 Å². The fourth-order valence-corrected chi connectivity index (χ4v) is 3.96. The van der Waals surface area contributed by atoms with Crippen LogP contribution in [-0.2, 0) is 0 Å². The largest absolute Gasteiger partial charge is 0.488 e. The molecule has 3 heterocycles. The minimum absolute atomic E-state index is 0.153. The standard InChI is InChI=1S/C22H23N7O/c1-14-23-7-6-21(28-14)29-17-2-4-18(5-3-17)30-20-11-15(16-12-26-27-13-16)10-19-22(20)25-9-8-24-19/h6-13,17-18H,2-5H2,1H3,(H,26,27)(H,23,28,29)/t17-,18+. The minimum Gasteiger partial charge on any atom is -0.488 e. The molecule has 1 aromatic carbocycles. The van der Waals surface area contributed by atoms with Gasteiger partial charge in [-0.25, -0.2) is 15.0 Å². The van der Waals surface area contributed by atoms with Crippen LogP contribution in [0.4, 0.5) is 5.82 Å². The van der Waals surface area contributed by atoms with Crippen molar-refractivity contribution in [2.75, 3.05) is 5.32 Å². The van der Waals surface area contributed by atoms with E-state index in [0.29, 0.717) is 6.04 Å². The number of nitrogens with zero attached hydrogens (tertiary/aromatic N) is 5. The van der Waals surface area contributed by atoms with E-state index in [-0.39, 0.29) is 6.10 Å². The fourth-order valence-electron chi connectivity index (χ4n) is 3.96. The number of aryl methyl sites for hydroxylation is 1. The lowest BCUT2D eigenvalue weighted by Gasteiger charge is -2.30. The molecule has 30 heavy (non-hydrogen) atoms. The Labute approximate surface area is 174 Å². The van der Waals surface area contributed by atoms with Crippen molar-refractivity contribution in [3.63, 3.8) is 0 Å². The number of anilines is 1. The molecule has 0 aliphatic heterocycles. The van der Waals surface area contributed by atoms with Crippen LogP contribution in [-0.4, -0.2) is 42.3 Å². The monoisotopic (exact) mass is 401 g/mol. The quantitative estimate of drug-likeness (QED) is 0.522. The summed E-state index contributed by atoms with van der Waals surface area (Å²) < 4.78 is 6.44. The molecule has 0 bridgehead atoms. The molecule has 8 heteroatoms. The Bertz CT molecular complexity index is 1140. The van der Waals surface area contributed by atoms with Crippen LogP contribution < -0.4 is 10.1 Å². The predicted molar refractivity (Wildman–Crippen MR) is 114 cm³/mol. The van der Waals surface area contributed by atoms with Gasteiger partial charge in [-0.2, -0.15) is 5.10 Å². The van der Waals surface area contributed by atoms with Gasteiger partial charge in [-0.15, -0.1) is 0 Å². The number of hydrogen-bond donors (Lipinski definition) is 2. The number of benzene rings is 1. The van der Waals surface area contributed by atoms with Crippen LogP contribution in [0.3, 0.4) is 0 Å². The zero-order chi connectivity index (χ0) is 20.3. The molecule has 8 nitrogen and oxygen atoms in total. The van der Waals surface area contributed by atoms with E-state index < -0.39 is 0 Å². The van der Waals surface area contributed by atoms with Crippen molar-refractivity contribution in [2.24, 2.45) is 0 Å². The van der Waals surface area contributed by atoms with Crippen LogP contribution in [0.2, 0.25) is 0 Å². The Morgan fingerprint density at radius 3 is 2.67 bits per heavy atom. The normalized spacial score (nSPS) is 19.0. The van der Waals surface area contributed by atoms with E-state index in [1.54, 1.807) is 24.8 Å². The van der Waals surface area contributed by atoms with Gasteiger partial charge in [0.2, 0.25) is 0 Å². The molecule has 0 amide bonds. The van der Waals surface area contributed by atoms with Crippen LogP contribution in [0.25, 0.3) is 22.2 Å². The second-order valence-electron chi connectivity index (χ2n) is 7.61. The van der Waals surface area contributed by atoms with Gasteiger partial charge in [0.15, 0.2) is 0 Å². The third-order valence-electron chi connectivity index (χ3n) is 5.47. The highest BCUT2D eigenvalue weighted by Gasteiger charge is 2.24. The molecular formula is C22H23N7O. The topological polar surface area (TPSA) is 102 Å². The summed E-state index contributed by atoms with van der Waals surface area (Å²) in [4.78, 5) is 17.6. The van der Waals surface area contributed by atoms with Crippen molar-refractivity contribution in [1.82, 2.24) is 30.1 Å². The van der Waals surface area contributed by atoms with E-state index in [2.05, 4.69) is 35.5 Å². The van der Waals surface area contributed by atoms with Gasteiger partial charge in [0, 0.05) is 36.4 Å². The van der Waals surface area contributed by atoms with Crippen LogP contribution in [0.5, 0.6) is 5.75 Å². The summed E-state index contributed by atoms with van der Waals surface area (Å²) in [6.45, 7) is 1.90. The molecule has 3 aromatic heterocycles. The highest BCUT2D eigenvalue weighted by atomic mass is 16.5. The van der Waals surface area contributed by atoms with E-state index in [9.17, 15) is 0 Å². The third kappa shape index (κ3) is 3.94. The Morgan fingerprint density at radius 1 is 1.00 bits per heavy atom. The molecule has 5 rings (SSSR count). The van der Waals surface area contributed by atoms with Gasteiger partial charge in [0.05, 0.1) is 17.8 Å². The average molecular weight is 401 g/mol. The fraction of sp³-hybridized carbons (Fsp3) is 0.318. The van der Waals surface area contributed by atoms with Crippen LogP contribution in [0.15, 0.2) is 49.2 Å². The van der Waals surface area contributed by atoms with Crippen LogP contribution >= 0.6 is 0 Å². The Balaban J connectivity index is 1.30. The smallest absolute Gasteiger partial charge is 0.148 e. The van der Waals surface area contributed by atoms with Crippen molar-refractivity contribution in [3.05, 3.63) is 55.0 Å². The molecule has 2 N–H and O–H groups in total. The Hall–Kier alpha value is -3.55. The summed E-state index contributed by atoms with van der Waals surface area (Å²) in [5.41, 5.74) is 3.63. The molecule has 0 spiro atoms. The summed E-state index contributed by atoms with van der Waals surface area (Å²) in [5, 5.41) is 10.4. The van der Waals surface area contributed by atoms with Gasteiger partial charge in [-0.3, -0.25) is 10.1 Å². The Morgan fingerprint density at radius 2 is 1.87 bits per heavy atom. The van der Waals surface area contributed by atoms with Gasteiger partial charge in [0.1, 0.15) is 22.9 Å². The van der Waals surface area contributed by atoms with Crippen molar-refractivity contribution in [1.29, 1.82) is 0 Å². The molecule has 0 unspecified atom stereocenters. The molecule has 1 aliphatic rings. The second kappa shape index (κ2) is 8.06. The average Bonchev–Trinajstić information content (AvgIpc) is 3.30. The number of fused-ring (bicyclic) bond motifs is 1. The number of aromatic nitrogens is 6. The number of ether oxygens (including phenoxy) is 1. The molecule has 0 saturated heterocycles. The van der Waals surface area contributed by atoms with E-state index in [0.717, 1.165) is 65.2 Å². The molecule has 4 aromatic rings. The second-order valence-corrected chi connectivity index (χ2v) is 7.61. The number of aromatic amines is 1. The maximum atomic E-state index is 6.44. The van der Waals surface area contributed by atoms with Gasteiger partial charge in [0.25, 0.3) is 0 Å². The van der Waals surface area contributed by atoms with Gasteiger partial charge < -0.3 is 10.1 Å². The molecule has 1 saturated carbocycles. The molecule has 1 fully saturated rings. The number of rotatable bonds is 5. The molecule has 0 radical (unpaired) electrons. The summed E-state index contributed by atoms with van der Waals surface area (Å²) in [5.74, 6) is 2.45. The first-order valence-electron chi connectivity index (χ1n) is 10.2. The van der Waals surface area contributed by atoms with E-state index >= 15 is 0 Å². The van der Waals surface area contributed by atoms with E-state index in [1.165, 1.54) is 0 Å². The van der Waals surface area contributed by atoms with Crippen LogP contribution in [0, 0.1) is 6.92 Å². The molecular weight excluding hydrogens is 378 g/mol. The number of nitrogens with one attached hydrogen (secondary N) is 2. The summed E-state index contributed by atoms with van der Waals surface area (Å²) >= 11 is 0. The first-order valence-corrected chi connectivity index (χ1v) is 10.2. The van der Waals surface area contributed by atoms with Crippen molar-refractivity contribution < 1.29 is 4.74 Å². The number of hydrogen-bond acceptors (Lipinski definition) is 7. The maximum Gasteiger partial charge on any atom is 0.148 e. The minimum atomic E-state index is 0.153. The van der Waals surface area contributed by atoms with Crippen molar-refractivity contribution in [3.8, 4) is 16.9 Å². The number of H-pyrrole nitrogens is 1. The maximum absolute atomic E-state index is 6.44. The van der Waals surface area contributed by atoms with Crippen molar-refractivity contribution >= 4 is 16.9 Å². The lowest BCUT2D eigenvalue weighted by Crippen LogP contribution is -2.31. The highest BCUT2D eigenvalue weighted by Crippen LogP contribution is 2.33. The van der Waals surface area contributed by atoms with Gasteiger partial charge in [-0.1, -0.05) is 0 Å². The first-order chi connectivity index (χ1) is 14.7. The van der Waals surface area contributed by atoms with Gasteiger partial charge >= 0.3 is 0 Å². The molecule has 1 aliphatic carbocycles. The predicted octanol–water partition coefficient (Wildman–Crippen LogP) is 3.92. The summed E-state index contributed by atoms with van der Waals surface area (Å²) in [6, 6.07) is 6.37. The van der Waals surface area contributed by atoms with E-state index in [4.69, 9.17) is 4.74 Å². The van der Waals surface area contributed by atoms with E-state index in [1.807, 2.05) is 31.3 Å². The lowest BCUT2D eigenvalue weighted by molar-refractivity contribution is 0.152. The zero-order valence-corrected chi connectivity index (χ0v) is 16.7. The zero-order valence-electron chi connectivity index (χ0n) is 16.7. The Kier molecular flexibility index (Phi) is 4.96. The SMILES string of the molecule is Cc1nccc(N[C@H]2CC[C@@H](Oc3cc(-c4cn[nH]c4)cc4nccnc34)CC2)n1. The highest BCUT2D eigenvalue weighted by molar-refractivity contribution is 5.86. The van der Waals surface area contributed by atoms with Crippen molar-refractivity contribution in [2.45, 2.75) is 44.8 Å². The molecule has 152 valence electrons.